The highest BCUT2D eigenvalue weighted by Gasteiger charge is 2.58. The molecule has 1 saturated heterocycles. The second-order valence-electron chi connectivity index (χ2n) is 5.51. The van der Waals surface area contributed by atoms with Crippen LogP contribution in [0.2, 0.25) is 0 Å². The monoisotopic (exact) mass is 290 g/mol. The Balaban J connectivity index is 2.51. The Labute approximate surface area is 123 Å². The van der Waals surface area contributed by atoms with E-state index < -0.39 is 35.0 Å². The third-order valence-electron chi connectivity index (χ3n) is 4.44. The van der Waals surface area contributed by atoms with E-state index in [4.69, 9.17) is 4.74 Å². The molecule has 1 aliphatic heterocycles. The van der Waals surface area contributed by atoms with Crippen molar-refractivity contribution in [3.8, 4) is 6.07 Å². The SMILES string of the molecule is COC(=O)C1C(=O)NC(=O)C(C#N)C12CC/C=C\CCC2. The fourth-order valence-electron chi connectivity index (χ4n) is 3.44. The number of carbonyl (C=O) groups excluding carboxylic acids is 3. The van der Waals surface area contributed by atoms with Crippen LogP contribution in [-0.2, 0) is 19.1 Å². The highest BCUT2D eigenvalue weighted by Crippen LogP contribution is 2.48. The molecule has 2 rings (SSSR count). The van der Waals surface area contributed by atoms with Gasteiger partial charge in [-0.1, -0.05) is 12.2 Å². The molecule has 21 heavy (non-hydrogen) atoms. The Kier molecular flexibility index (Phi) is 4.41. The van der Waals surface area contributed by atoms with Gasteiger partial charge in [0, 0.05) is 5.41 Å². The third kappa shape index (κ3) is 2.56. The summed E-state index contributed by atoms with van der Waals surface area (Å²) in [7, 11) is 1.21. The minimum atomic E-state index is -1.10. The second kappa shape index (κ2) is 6.08. The first kappa shape index (κ1) is 15.2. The Morgan fingerprint density at radius 3 is 2.71 bits per heavy atom. The summed E-state index contributed by atoms with van der Waals surface area (Å²) in [6.45, 7) is 0. The van der Waals surface area contributed by atoms with Crippen molar-refractivity contribution in [2.75, 3.05) is 7.11 Å². The van der Waals surface area contributed by atoms with Crippen LogP contribution in [0.15, 0.2) is 12.2 Å². The first-order valence-electron chi connectivity index (χ1n) is 7.04. The number of carbonyl (C=O) groups is 3. The fourth-order valence-corrected chi connectivity index (χ4v) is 3.44. The molecule has 0 aromatic heterocycles. The number of rotatable bonds is 1. The molecule has 3 unspecified atom stereocenters. The summed E-state index contributed by atoms with van der Waals surface area (Å²) in [4.78, 5) is 36.3. The van der Waals surface area contributed by atoms with E-state index in [0.29, 0.717) is 19.3 Å². The molecule has 1 fully saturated rings. The Morgan fingerprint density at radius 1 is 1.33 bits per heavy atom. The van der Waals surface area contributed by atoms with E-state index >= 15 is 0 Å². The number of hydrogen-bond donors (Lipinski definition) is 1. The lowest BCUT2D eigenvalue weighted by atomic mass is 9.59. The molecule has 0 aromatic rings. The van der Waals surface area contributed by atoms with Gasteiger partial charge in [-0.25, -0.2) is 0 Å². The lowest BCUT2D eigenvalue weighted by Crippen LogP contribution is -2.60. The fraction of sp³-hybridized carbons (Fsp3) is 0.600. The summed E-state index contributed by atoms with van der Waals surface area (Å²) < 4.78 is 4.75. The number of nitrogens with one attached hydrogen (secondary N) is 1. The molecule has 6 nitrogen and oxygen atoms in total. The topological polar surface area (TPSA) is 96.3 Å². The van der Waals surface area contributed by atoms with E-state index in [2.05, 4.69) is 5.32 Å². The Bertz CT molecular complexity index is 534. The van der Waals surface area contributed by atoms with Gasteiger partial charge in [0.1, 0.15) is 11.8 Å². The molecule has 1 heterocycles. The average Bonchev–Trinajstić information content (AvgIpc) is 2.42. The molecule has 0 bridgehead atoms. The van der Waals surface area contributed by atoms with Crippen LogP contribution in [-0.4, -0.2) is 24.9 Å². The van der Waals surface area contributed by atoms with Crippen molar-refractivity contribution < 1.29 is 19.1 Å². The molecule has 0 aromatic carbocycles. The first-order chi connectivity index (χ1) is 10.1. The maximum Gasteiger partial charge on any atom is 0.318 e. The standard InChI is InChI=1S/C15H18N2O4/c1-21-14(20)11-13(19)17-12(18)10(9-16)15(11)7-5-3-2-4-6-8-15/h2-3,10-11H,4-8H2,1H3,(H,17,18,19)/b3-2-. The molecule has 1 spiro atoms. The second-order valence-corrected chi connectivity index (χ2v) is 5.51. The van der Waals surface area contributed by atoms with Gasteiger partial charge in [-0.15, -0.1) is 0 Å². The molecule has 0 radical (unpaired) electrons. The van der Waals surface area contributed by atoms with Crippen LogP contribution in [0, 0.1) is 28.6 Å². The molecule has 1 aliphatic carbocycles. The highest BCUT2D eigenvalue weighted by atomic mass is 16.5. The maximum atomic E-state index is 12.2. The predicted octanol–water partition coefficient (Wildman–Crippen LogP) is 1.08. The van der Waals surface area contributed by atoms with Gasteiger partial charge < -0.3 is 4.74 Å². The van der Waals surface area contributed by atoms with Crippen LogP contribution >= 0.6 is 0 Å². The van der Waals surface area contributed by atoms with Crippen molar-refractivity contribution in [2.45, 2.75) is 32.1 Å². The van der Waals surface area contributed by atoms with E-state index in [9.17, 15) is 19.6 Å². The minimum absolute atomic E-state index is 0.445. The number of hydrogen-bond acceptors (Lipinski definition) is 5. The van der Waals surface area contributed by atoms with Crippen LogP contribution < -0.4 is 5.32 Å². The quantitative estimate of drug-likeness (QED) is 0.337. The van der Waals surface area contributed by atoms with Crippen LogP contribution in [0.4, 0.5) is 0 Å². The Morgan fingerprint density at radius 2 is 2.05 bits per heavy atom. The van der Waals surface area contributed by atoms with Crippen molar-refractivity contribution >= 4 is 17.8 Å². The molecular formula is C15H18N2O4. The summed E-state index contributed by atoms with van der Waals surface area (Å²) >= 11 is 0. The van der Waals surface area contributed by atoms with Crippen molar-refractivity contribution in [1.29, 1.82) is 5.26 Å². The van der Waals surface area contributed by atoms with Crippen LogP contribution in [0.25, 0.3) is 0 Å². The van der Waals surface area contributed by atoms with E-state index in [0.717, 1.165) is 12.8 Å². The summed E-state index contributed by atoms with van der Waals surface area (Å²) in [5.41, 5.74) is -0.966. The number of esters is 1. The molecule has 112 valence electrons. The van der Waals surface area contributed by atoms with Gasteiger partial charge in [0.25, 0.3) is 0 Å². The normalized spacial score (nSPS) is 34.3. The summed E-state index contributed by atoms with van der Waals surface area (Å²) in [6.07, 6.45) is 7.11. The molecule has 2 aliphatic rings. The van der Waals surface area contributed by atoms with Crippen LogP contribution in [0.5, 0.6) is 0 Å². The van der Waals surface area contributed by atoms with E-state index in [1.165, 1.54) is 7.11 Å². The van der Waals surface area contributed by atoms with Gasteiger partial charge in [0.2, 0.25) is 11.8 Å². The smallest absolute Gasteiger partial charge is 0.318 e. The van der Waals surface area contributed by atoms with Crippen LogP contribution in [0.3, 0.4) is 0 Å². The zero-order valence-corrected chi connectivity index (χ0v) is 11.9. The summed E-state index contributed by atoms with van der Waals surface area (Å²) in [6, 6.07) is 2.00. The zero-order chi connectivity index (χ0) is 15.5. The molecular weight excluding hydrogens is 272 g/mol. The number of methoxy groups -OCH3 is 1. The lowest BCUT2D eigenvalue weighted by molar-refractivity contribution is -0.164. The average molecular weight is 290 g/mol. The maximum absolute atomic E-state index is 12.2. The molecule has 0 saturated carbocycles. The number of ether oxygens (including phenoxy) is 1. The number of allylic oxidation sites excluding steroid dienone is 2. The summed E-state index contributed by atoms with van der Waals surface area (Å²) in [5, 5.41) is 11.5. The van der Waals surface area contributed by atoms with Gasteiger partial charge in [-0.05, 0) is 32.1 Å². The number of piperidine rings is 1. The van der Waals surface area contributed by atoms with E-state index in [-0.39, 0.29) is 0 Å². The molecule has 3 atom stereocenters. The minimum Gasteiger partial charge on any atom is -0.468 e. The van der Waals surface area contributed by atoms with Crippen LogP contribution in [0.1, 0.15) is 32.1 Å². The van der Waals surface area contributed by atoms with E-state index in [1.54, 1.807) is 0 Å². The van der Waals surface area contributed by atoms with Gasteiger partial charge in [0.15, 0.2) is 0 Å². The third-order valence-corrected chi connectivity index (χ3v) is 4.44. The number of amides is 2. The number of imide groups is 1. The molecule has 1 N–H and O–H groups in total. The lowest BCUT2D eigenvalue weighted by Gasteiger charge is -2.44. The number of nitrogens with zero attached hydrogens (tertiary/aromatic N) is 1. The van der Waals surface area contributed by atoms with Gasteiger partial charge >= 0.3 is 5.97 Å². The van der Waals surface area contributed by atoms with Crippen molar-refractivity contribution in [3.63, 3.8) is 0 Å². The van der Waals surface area contributed by atoms with Gasteiger partial charge in [0.05, 0.1) is 13.2 Å². The predicted molar refractivity (Wildman–Crippen MR) is 72.4 cm³/mol. The van der Waals surface area contributed by atoms with Crippen molar-refractivity contribution in [3.05, 3.63) is 12.2 Å². The van der Waals surface area contributed by atoms with Gasteiger partial charge in [-0.3, -0.25) is 19.7 Å². The van der Waals surface area contributed by atoms with Crippen molar-refractivity contribution in [1.82, 2.24) is 5.32 Å². The van der Waals surface area contributed by atoms with E-state index in [1.807, 2.05) is 18.2 Å². The largest absolute Gasteiger partial charge is 0.468 e. The summed E-state index contributed by atoms with van der Waals surface area (Å²) in [5.74, 6) is -4.04. The molecule has 2 amide bonds. The molecule has 6 heteroatoms. The number of nitriles is 1. The Hall–Kier alpha value is -2.16. The van der Waals surface area contributed by atoms with Crippen molar-refractivity contribution in [2.24, 2.45) is 17.3 Å². The highest BCUT2D eigenvalue weighted by molar-refractivity contribution is 6.10. The first-order valence-corrected chi connectivity index (χ1v) is 7.04. The zero-order valence-electron chi connectivity index (χ0n) is 11.9. The van der Waals surface area contributed by atoms with Gasteiger partial charge in [-0.2, -0.15) is 5.26 Å².